The van der Waals surface area contributed by atoms with Crippen molar-refractivity contribution in [1.82, 2.24) is 4.90 Å². The lowest BCUT2D eigenvalue weighted by Crippen LogP contribution is -2.20. The summed E-state index contributed by atoms with van der Waals surface area (Å²) in [6, 6.07) is 6.94. The van der Waals surface area contributed by atoms with Crippen LogP contribution in [0.1, 0.15) is 49.3 Å². The lowest BCUT2D eigenvalue weighted by molar-refractivity contribution is 0.330. The maximum Gasteiger partial charge on any atom is -0.00183 e. The molecule has 1 heteroatoms. The molecule has 0 bridgehead atoms. The maximum absolute atomic E-state index is 2.62. The number of hydrogen-bond acceptors (Lipinski definition) is 1. The Balaban J connectivity index is 1.76. The van der Waals surface area contributed by atoms with Crippen molar-refractivity contribution in [3.63, 3.8) is 0 Å². The molecular weight excluding hydrogens is 218 g/mol. The number of nitrogens with zero attached hydrogens (tertiary/aromatic N) is 1. The third kappa shape index (κ3) is 3.84. The van der Waals surface area contributed by atoms with Crippen LogP contribution < -0.4 is 0 Å². The van der Waals surface area contributed by atoms with Crippen LogP contribution in [0.5, 0.6) is 0 Å². The SMILES string of the molecule is CCc1ccc(C)cc1CCCCN1CCCC1. The molecule has 0 N–H and O–H groups in total. The zero-order valence-corrected chi connectivity index (χ0v) is 12.0. The molecule has 1 nitrogen and oxygen atoms in total. The number of unbranched alkanes of at least 4 members (excludes halogenated alkanes) is 1. The Hall–Kier alpha value is -0.820. The lowest BCUT2D eigenvalue weighted by Gasteiger charge is -2.14. The minimum Gasteiger partial charge on any atom is -0.303 e. The molecule has 1 aromatic carbocycles. The highest BCUT2D eigenvalue weighted by atomic mass is 15.1. The molecule has 1 fully saturated rings. The number of hydrogen-bond donors (Lipinski definition) is 0. The molecule has 0 aromatic heterocycles. The Bertz CT molecular complexity index is 364. The molecule has 2 rings (SSSR count). The topological polar surface area (TPSA) is 3.24 Å². The van der Waals surface area contributed by atoms with Gasteiger partial charge in [0.05, 0.1) is 0 Å². The van der Waals surface area contributed by atoms with Gasteiger partial charge in [-0.2, -0.15) is 0 Å². The minimum atomic E-state index is 1.17. The summed E-state index contributed by atoms with van der Waals surface area (Å²) in [5.74, 6) is 0. The average Bonchev–Trinajstić information content (AvgIpc) is 2.88. The standard InChI is InChI=1S/C17H27N/c1-3-16-10-9-15(2)14-17(16)8-4-5-11-18-12-6-7-13-18/h9-10,14H,3-8,11-13H2,1-2H3. The third-order valence-corrected chi connectivity index (χ3v) is 4.11. The van der Waals surface area contributed by atoms with Gasteiger partial charge >= 0.3 is 0 Å². The van der Waals surface area contributed by atoms with Gasteiger partial charge in [-0.15, -0.1) is 0 Å². The van der Waals surface area contributed by atoms with Gasteiger partial charge in [0.25, 0.3) is 0 Å². The van der Waals surface area contributed by atoms with Crippen LogP contribution in [-0.2, 0) is 12.8 Å². The fourth-order valence-electron chi connectivity index (χ4n) is 2.99. The van der Waals surface area contributed by atoms with Crippen LogP contribution in [0.15, 0.2) is 18.2 Å². The van der Waals surface area contributed by atoms with E-state index in [1.165, 1.54) is 63.7 Å². The van der Waals surface area contributed by atoms with Crippen molar-refractivity contribution < 1.29 is 0 Å². The molecule has 1 saturated heterocycles. The predicted octanol–water partition coefficient (Wildman–Crippen LogP) is 3.98. The van der Waals surface area contributed by atoms with Crippen molar-refractivity contribution in [2.45, 2.75) is 52.4 Å². The van der Waals surface area contributed by atoms with E-state index in [9.17, 15) is 0 Å². The number of aryl methyl sites for hydroxylation is 3. The van der Waals surface area contributed by atoms with E-state index in [-0.39, 0.29) is 0 Å². The number of rotatable bonds is 6. The van der Waals surface area contributed by atoms with Crippen LogP contribution in [0.2, 0.25) is 0 Å². The van der Waals surface area contributed by atoms with Crippen LogP contribution in [0.4, 0.5) is 0 Å². The second-order valence-electron chi connectivity index (χ2n) is 5.63. The zero-order valence-electron chi connectivity index (χ0n) is 12.0. The molecule has 1 aliphatic heterocycles. The Morgan fingerprint density at radius 1 is 1.06 bits per heavy atom. The highest BCUT2D eigenvalue weighted by molar-refractivity contribution is 5.31. The molecule has 0 radical (unpaired) electrons. The highest BCUT2D eigenvalue weighted by Gasteiger charge is 2.10. The molecule has 1 heterocycles. The van der Waals surface area contributed by atoms with Gasteiger partial charge in [-0.1, -0.05) is 30.7 Å². The Kier molecular flexibility index (Phi) is 5.25. The second-order valence-corrected chi connectivity index (χ2v) is 5.63. The Labute approximate surface area is 112 Å². The van der Waals surface area contributed by atoms with Gasteiger partial charge < -0.3 is 4.90 Å². The van der Waals surface area contributed by atoms with Crippen molar-refractivity contribution >= 4 is 0 Å². The first-order valence-electron chi connectivity index (χ1n) is 7.60. The predicted molar refractivity (Wildman–Crippen MR) is 79.2 cm³/mol. The molecule has 0 saturated carbocycles. The van der Waals surface area contributed by atoms with E-state index in [1.54, 1.807) is 11.1 Å². The smallest absolute Gasteiger partial charge is 0.00183 e. The van der Waals surface area contributed by atoms with Gasteiger partial charge in [-0.3, -0.25) is 0 Å². The van der Waals surface area contributed by atoms with E-state index < -0.39 is 0 Å². The quantitative estimate of drug-likeness (QED) is 0.685. The van der Waals surface area contributed by atoms with Crippen molar-refractivity contribution in [3.05, 3.63) is 34.9 Å². The van der Waals surface area contributed by atoms with Crippen molar-refractivity contribution in [2.75, 3.05) is 19.6 Å². The van der Waals surface area contributed by atoms with E-state index >= 15 is 0 Å². The first-order chi connectivity index (χ1) is 8.79. The molecular formula is C17H27N. The Morgan fingerprint density at radius 3 is 2.56 bits per heavy atom. The molecule has 0 aliphatic carbocycles. The zero-order chi connectivity index (χ0) is 12.8. The van der Waals surface area contributed by atoms with E-state index in [0.29, 0.717) is 0 Å². The van der Waals surface area contributed by atoms with Crippen molar-refractivity contribution in [3.8, 4) is 0 Å². The van der Waals surface area contributed by atoms with E-state index in [0.717, 1.165) is 0 Å². The van der Waals surface area contributed by atoms with Gasteiger partial charge in [0, 0.05) is 0 Å². The maximum atomic E-state index is 2.62. The summed E-state index contributed by atoms with van der Waals surface area (Å²) in [4.78, 5) is 2.62. The van der Waals surface area contributed by atoms with Gasteiger partial charge in [-0.05, 0) is 76.2 Å². The summed E-state index contributed by atoms with van der Waals surface area (Å²) in [7, 11) is 0. The third-order valence-electron chi connectivity index (χ3n) is 4.11. The van der Waals surface area contributed by atoms with Crippen LogP contribution in [-0.4, -0.2) is 24.5 Å². The summed E-state index contributed by atoms with van der Waals surface area (Å²) >= 11 is 0. The highest BCUT2D eigenvalue weighted by Crippen LogP contribution is 2.16. The number of benzene rings is 1. The van der Waals surface area contributed by atoms with Crippen molar-refractivity contribution in [2.24, 2.45) is 0 Å². The van der Waals surface area contributed by atoms with E-state index in [4.69, 9.17) is 0 Å². The fraction of sp³-hybridized carbons (Fsp3) is 0.647. The largest absolute Gasteiger partial charge is 0.303 e. The molecule has 0 atom stereocenters. The van der Waals surface area contributed by atoms with Gasteiger partial charge in [0.2, 0.25) is 0 Å². The normalized spacial score (nSPS) is 16.3. The van der Waals surface area contributed by atoms with E-state index in [2.05, 4.69) is 36.9 Å². The summed E-state index contributed by atoms with van der Waals surface area (Å²) in [6.45, 7) is 8.45. The molecule has 0 unspecified atom stereocenters. The monoisotopic (exact) mass is 245 g/mol. The summed E-state index contributed by atoms with van der Waals surface area (Å²) in [6.07, 6.45) is 7.96. The minimum absolute atomic E-state index is 1.17. The summed E-state index contributed by atoms with van der Waals surface area (Å²) in [5.41, 5.74) is 4.53. The van der Waals surface area contributed by atoms with Crippen molar-refractivity contribution in [1.29, 1.82) is 0 Å². The number of likely N-dealkylation sites (tertiary alicyclic amines) is 1. The second kappa shape index (κ2) is 6.94. The molecule has 18 heavy (non-hydrogen) atoms. The first-order valence-corrected chi connectivity index (χ1v) is 7.60. The summed E-state index contributed by atoms with van der Waals surface area (Å²) < 4.78 is 0. The first kappa shape index (κ1) is 13.6. The van der Waals surface area contributed by atoms with Crippen LogP contribution in [0.25, 0.3) is 0 Å². The van der Waals surface area contributed by atoms with Crippen LogP contribution in [0.3, 0.4) is 0 Å². The molecule has 1 aromatic rings. The van der Waals surface area contributed by atoms with Gasteiger partial charge in [0.1, 0.15) is 0 Å². The molecule has 1 aliphatic rings. The molecule has 0 spiro atoms. The molecule has 100 valence electrons. The van der Waals surface area contributed by atoms with Gasteiger partial charge in [0.15, 0.2) is 0 Å². The Morgan fingerprint density at radius 2 is 1.83 bits per heavy atom. The van der Waals surface area contributed by atoms with Gasteiger partial charge in [-0.25, -0.2) is 0 Å². The fourth-order valence-corrected chi connectivity index (χ4v) is 2.99. The molecule has 0 amide bonds. The average molecular weight is 245 g/mol. The lowest BCUT2D eigenvalue weighted by atomic mass is 9.98. The van der Waals surface area contributed by atoms with E-state index in [1.807, 2.05) is 0 Å². The summed E-state index contributed by atoms with van der Waals surface area (Å²) in [5, 5.41) is 0. The van der Waals surface area contributed by atoms with Crippen LogP contribution in [0, 0.1) is 6.92 Å². The van der Waals surface area contributed by atoms with Crippen LogP contribution >= 0.6 is 0 Å².